The molecule has 1 amide bonds. The summed E-state index contributed by atoms with van der Waals surface area (Å²) in [5, 5.41) is 11.1. The highest BCUT2D eigenvalue weighted by Gasteiger charge is 2.01. The van der Waals surface area contributed by atoms with Crippen LogP contribution in [0, 0.1) is 0 Å². The Hall–Kier alpha value is -1.33. The fourth-order valence-electron chi connectivity index (χ4n) is 1.24. The lowest BCUT2D eigenvalue weighted by atomic mass is 10.2. The number of aliphatic hydroxyl groups is 1. The van der Waals surface area contributed by atoms with Crippen LogP contribution >= 0.6 is 15.9 Å². The van der Waals surface area contributed by atoms with Crippen LogP contribution in [0.3, 0.4) is 0 Å². The summed E-state index contributed by atoms with van der Waals surface area (Å²) in [5.41, 5.74) is 0.807. The summed E-state index contributed by atoms with van der Waals surface area (Å²) in [6, 6.07) is 5.53. The highest BCUT2D eigenvalue weighted by Crippen LogP contribution is 2.23. The van der Waals surface area contributed by atoms with Gasteiger partial charge in [-0.3, -0.25) is 4.79 Å². The van der Waals surface area contributed by atoms with E-state index in [1.54, 1.807) is 13.2 Å². The Morgan fingerprint density at radius 1 is 1.59 bits per heavy atom. The van der Waals surface area contributed by atoms with Crippen LogP contribution in [-0.2, 0) is 4.79 Å². The minimum Gasteiger partial charge on any atom is -0.496 e. The van der Waals surface area contributed by atoms with E-state index in [1.165, 1.54) is 6.08 Å². The molecule has 0 aliphatic rings. The second-order valence-electron chi connectivity index (χ2n) is 3.23. The van der Waals surface area contributed by atoms with Crippen molar-refractivity contribution in [2.75, 3.05) is 20.3 Å². The normalized spacial score (nSPS) is 10.5. The number of halogens is 1. The predicted molar refractivity (Wildman–Crippen MR) is 69.8 cm³/mol. The largest absolute Gasteiger partial charge is 0.496 e. The van der Waals surface area contributed by atoms with Gasteiger partial charge in [-0.2, -0.15) is 0 Å². The average Bonchev–Trinajstić information content (AvgIpc) is 2.34. The van der Waals surface area contributed by atoms with Gasteiger partial charge < -0.3 is 15.2 Å². The molecule has 0 aliphatic carbocycles. The Kier molecular flexibility index (Phi) is 5.72. The van der Waals surface area contributed by atoms with Crippen LogP contribution in [0.2, 0.25) is 0 Å². The summed E-state index contributed by atoms with van der Waals surface area (Å²) in [6.45, 7) is 0.179. The van der Waals surface area contributed by atoms with E-state index in [9.17, 15) is 4.79 Å². The fourth-order valence-corrected chi connectivity index (χ4v) is 1.62. The number of amides is 1. The van der Waals surface area contributed by atoms with Gasteiger partial charge in [0.15, 0.2) is 0 Å². The summed E-state index contributed by atoms with van der Waals surface area (Å²) in [7, 11) is 1.58. The van der Waals surface area contributed by atoms with Crippen molar-refractivity contribution in [2.45, 2.75) is 0 Å². The Morgan fingerprint density at radius 3 is 3.00 bits per heavy atom. The third kappa shape index (κ3) is 4.58. The smallest absolute Gasteiger partial charge is 0.244 e. The molecule has 0 saturated heterocycles. The molecule has 0 fully saturated rings. The van der Waals surface area contributed by atoms with E-state index < -0.39 is 0 Å². The molecule has 0 unspecified atom stereocenters. The molecule has 1 rings (SSSR count). The van der Waals surface area contributed by atoms with E-state index in [2.05, 4.69) is 21.2 Å². The molecular weight excluding hydrogens is 286 g/mol. The Labute approximate surface area is 108 Å². The maximum Gasteiger partial charge on any atom is 0.244 e. The first kappa shape index (κ1) is 13.7. The topological polar surface area (TPSA) is 58.6 Å². The first-order chi connectivity index (χ1) is 8.17. The summed E-state index contributed by atoms with van der Waals surface area (Å²) in [5.74, 6) is 0.445. The lowest BCUT2D eigenvalue weighted by Gasteiger charge is -2.04. The monoisotopic (exact) mass is 299 g/mol. The van der Waals surface area contributed by atoms with E-state index in [4.69, 9.17) is 9.84 Å². The average molecular weight is 300 g/mol. The molecule has 1 aromatic rings. The van der Waals surface area contributed by atoms with Gasteiger partial charge in [0, 0.05) is 22.7 Å². The number of carbonyl (C=O) groups is 1. The lowest BCUT2D eigenvalue weighted by Crippen LogP contribution is -2.24. The predicted octanol–water partition coefficient (Wildman–Crippen LogP) is 1.58. The number of carbonyl (C=O) groups excluding carboxylic acids is 1. The van der Waals surface area contributed by atoms with Crippen molar-refractivity contribution in [2.24, 2.45) is 0 Å². The van der Waals surface area contributed by atoms with Crippen LogP contribution in [0.4, 0.5) is 0 Å². The first-order valence-electron chi connectivity index (χ1n) is 5.07. The van der Waals surface area contributed by atoms with Gasteiger partial charge in [-0.15, -0.1) is 0 Å². The van der Waals surface area contributed by atoms with E-state index in [1.807, 2.05) is 18.2 Å². The number of rotatable bonds is 5. The summed E-state index contributed by atoms with van der Waals surface area (Å²) in [4.78, 5) is 11.3. The van der Waals surface area contributed by atoms with Gasteiger partial charge in [-0.1, -0.05) is 15.9 Å². The number of nitrogens with one attached hydrogen (secondary N) is 1. The summed E-state index contributed by atoms with van der Waals surface area (Å²) in [6.07, 6.45) is 3.07. The van der Waals surface area contributed by atoms with Crippen molar-refractivity contribution in [3.8, 4) is 5.75 Å². The minimum absolute atomic E-state index is 0.0697. The number of methoxy groups -OCH3 is 1. The van der Waals surface area contributed by atoms with Gasteiger partial charge >= 0.3 is 0 Å². The van der Waals surface area contributed by atoms with Crippen molar-refractivity contribution in [1.82, 2.24) is 5.32 Å². The molecule has 0 spiro atoms. The van der Waals surface area contributed by atoms with Gasteiger partial charge in [0.05, 0.1) is 13.7 Å². The van der Waals surface area contributed by atoms with Gasteiger partial charge in [0.1, 0.15) is 5.75 Å². The molecular formula is C12H14BrNO3. The third-order valence-electron chi connectivity index (χ3n) is 2.02. The maximum absolute atomic E-state index is 11.3. The van der Waals surface area contributed by atoms with Crippen molar-refractivity contribution in [3.05, 3.63) is 34.3 Å². The second-order valence-corrected chi connectivity index (χ2v) is 4.15. The van der Waals surface area contributed by atoms with Crippen LogP contribution in [0.15, 0.2) is 28.7 Å². The Bertz CT molecular complexity index is 418. The molecule has 2 N–H and O–H groups in total. The van der Waals surface area contributed by atoms with E-state index in [-0.39, 0.29) is 19.1 Å². The summed E-state index contributed by atoms with van der Waals surface area (Å²) >= 11 is 3.35. The van der Waals surface area contributed by atoms with Crippen LogP contribution < -0.4 is 10.1 Å². The van der Waals surface area contributed by atoms with Crippen molar-refractivity contribution < 1.29 is 14.6 Å². The zero-order chi connectivity index (χ0) is 12.7. The van der Waals surface area contributed by atoms with Crippen LogP contribution in [0.25, 0.3) is 6.08 Å². The maximum atomic E-state index is 11.3. The SMILES string of the molecule is COc1ccc(Br)cc1/C=C/C(=O)NCCO. The molecule has 0 saturated carbocycles. The van der Waals surface area contributed by atoms with Gasteiger partial charge in [-0.25, -0.2) is 0 Å². The molecule has 0 heterocycles. The van der Waals surface area contributed by atoms with E-state index >= 15 is 0 Å². The molecule has 0 radical (unpaired) electrons. The van der Waals surface area contributed by atoms with Crippen molar-refractivity contribution in [1.29, 1.82) is 0 Å². The number of aliphatic hydroxyl groups excluding tert-OH is 1. The molecule has 0 atom stereocenters. The highest BCUT2D eigenvalue weighted by molar-refractivity contribution is 9.10. The zero-order valence-corrected chi connectivity index (χ0v) is 11.0. The number of ether oxygens (including phenoxy) is 1. The molecule has 1 aromatic carbocycles. The Balaban J connectivity index is 2.76. The number of benzene rings is 1. The van der Waals surface area contributed by atoms with Gasteiger partial charge in [0.25, 0.3) is 0 Å². The first-order valence-corrected chi connectivity index (χ1v) is 5.87. The molecule has 5 heteroatoms. The second kappa shape index (κ2) is 7.09. The minimum atomic E-state index is -0.249. The third-order valence-corrected chi connectivity index (χ3v) is 2.51. The molecule has 4 nitrogen and oxygen atoms in total. The molecule has 17 heavy (non-hydrogen) atoms. The molecule has 0 bridgehead atoms. The number of hydrogen-bond donors (Lipinski definition) is 2. The van der Waals surface area contributed by atoms with Crippen molar-refractivity contribution >= 4 is 27.9 Å². The number of hydrogen-bond acceptors (Lipinski definition) is 3. The zero-order valence-electron chi connectivity index (χ0n) is 9.44. The van der Waals surface area contributed by atoms with Gasteiger partial charge in [0.2, 0.25) is 5.91 Å². The van der Waals surface area contributed by atoms with Crippen molar-refractivity contribution in [3.63, 3.8) is 0 Å². The fraction of sp³-hybridized carbons (Fsp3) is 0.250. The molecule has 0 aromatic heterocycles. The van der Waals surface area contributed by atoms with Crippen LogP contribution in [0.1, 0.15) is 5.56 Å². The highest BCUT2D eigenvalue weighted by atomic mass is 79.9. The lowest BCUT2D eigenvalue weighted by molar-refractivity contribution is -0.116. The van der Waals surface area contributed by atoms with Crippen LogP contribution in [-0.4, -0.2) is 31.3 Å². The van der Waals surface area contributed by atoms with E-state index in [0.29, 0.717) is 5.75 Å². The summed E-state index contributed by atoms with van der Waals surface area (Å²) < 4.78 is 6.08. The quantitative estimate of drug-likeness (QED) is 0.812. The molecule has 92 valence electrons. The standard InChI is InChI=1S/C12H14BrNO3/c1-17-11-4-3-10(13)8-9(11)2-5-12(16)14-6-7-15/h2-5,8,15H,6-7H2,1H3,(H,14,16)/b5-2+. The molecule has 0 aliphatic heterocycles. The van der Waals surface area contributed by atoms with Crippen LogP contribution in [0.5, 0.6) is 5.75 Å². The van der Waals surface area contributed by atoms with E-state index in [0.717, 1.165) is 10.0 Å². The Morgan fingerprint density at radius 2 is 2.35 bits per heavy atom. The van der Waals surface area contributed by atoms with Gasteiger partial charge in [-0.05, 0) is 24.3 Å².